The number of halogens is 7. The van der Waals surface area contributed by atoms with Gasteiger partial charge in [0.2, 0.25) is 0 Å². The van der Waals surface area contributed by atoms with E-state index in [0.717, 1.165) is 21.9 Å². The summed E-state index contributed by atoms with van der Waals surface area (Å²) in [4.78, 5) is 39.5. The van der Waals surface area contributed by atoms with Gasteiger partial charge in [0.15, 0.2) is 11.6 Å². The fraction of sp³-hybridized carbons (Fsp3) is 0.300. The van der Waals surface area contributed by atoms with Gasteiger partial charge >= 0.3 is 12.4 Å². The predicted molar refractivity (Wildman–Crippen MR) is 263 cm³/mol. The van der Waals surface area contributed by atoms with Crippen molar-refractivity contribution < 1.29 is 40.3 Å². The topological polar surface area (TPSA) is 211 Å². The highest BCUT2D eigenvalue weighted by Gasteiger charge is 2.44. The molecule has 3 aliphatic rings. The highest BCUT2D eigenvalue weighted by atomic mass is 19.4. The molecule has 2 aromatic carbocycles. The lowest BCUT2D eigenvalue weighted by Crippen LogP contribution is -2.26. The van der Waals surface area contributed by atoms with Crippen LogP contribution < -0.4 is 20.4 Å². The van der Waals surface area contributed by atoms with Crippen molar-refractivity contribution in [2.45, 2.75) is 57.3 Å². The summed E-state index contributed by atoms with van der Waals surface area (Å²) in [5.74, 6) is -1.19. The first kappa shape index (κ1) is 49.4. The van der Waals surface area contributed by atoms with E-state index in [1.165, 1.54) is 36.9 Å². The number of amidine groups is 1. The Morgan fingerprint density at radius 2 is 1.26 bits per heavy atom. The summed E-state index contributed by atoms with van der Waals surface area (Å²) in [5.41, 5.74) is -0.872. The molecule has 76 heavy (non-hydrogen) atoms. The molecule has 2 amide bonds. The molecule has 2 aliphatic heterocycles. The van der Waals surface area contributed by atoms with Crippen molar-refractivity contribution in [3.8, 4) is 45.3 Å². The summed E-state index contributed by atoms with van der Waals surface area (Å²) >= 11 is 0. The van der Waals surface area contributed by atoms with Crippen LogP contribution >= 0.6 is 0 Å². The molecule has 11 rings (SSSR count). The van der Waals surface area contributed by atoms with E-state index < -0.39 is 60.0 Å². The Kier molecular flexibility index (Phi) is 11.7. The molecule has 19 nitrogen and oxygen atoms in total. The number of pyridine rings is 2. The van der Waals surface area contributed by atoms with Crippen LogP contribution in [0.3, 0.4) is 0 Å². The Morgan fingerprint density at radius 1 is 0.724 bits per heavy atom. The predicted octanol–water partition coefficient (Wildman–Crippen LogP) is 8.41. The van der Waals surface area contributed by atoms with Gasteiger partial charge in [-0.3, -0.25) is 34.2 Å². The Labute approximate surface area is 426 Å². The SMILES string of the molecule is CC(Cc1nn(C)c(-c2cc(NCC3(F)CC3)nc(N3Cc4c(cccc4C(F)(F)F)C3=O)c2)c1-c1nncn1C)C(=N)Nc1cc(-c2c(-c3nncn3C)cnn2C)cc(N2Cc3c(cccc3C(F)(F)F)C2=O)n1. The number of benzene rings is 2. The molecule has 1 atom stereocenters. The monoisotopic (exact) mass is 1050 g/mol. The van der Waals surface area contributed by atoms with Gasteiger partial charge in [-0.05, 0) is 72.5 Å². The molecular weight excluding hydrogens is 1000 g/mol. The van der Waals surface area contributed by atoms with Crippen LogP contribution in [0.2, 0.25) is 0 Å². The molecule has 390 valence electrons. The van der Waals surface area contributed by atoms with Crippen molar-refractivity contribution in [3.05, 3.63) is 119 Å². The van der Waals surface area contributed by atoms with Crippen molar-refractivity contribution in [1.82, 2.24) is 59.1 Å². The number of hydrogen-bond acceptors (Lipinski definition) is 12. The summed E-state index contributed by atoms with van der Waals surface area (Å²) in [7, 11) is 6.80. The van der Waals surface area contributed by atoms with Gasteiger partial charge in [0.1, 0.15) is 47.4 Å². The van der Waals surface area contributed by atoms with E-state index in [2.05, 4.69) is 41.1 Å². The third-order valence-corrected chi connectivity index (χ3v) is 13.8. The summed E-state index contributed by atoms with van der Waals surface area (Å²) in [6, 6.07) is 13.2. The lowest BCUT2D eigenvalue weighted by molar-refractivity contribution is -0.139. The molecule has 8 heterocycles. The molecule has 8 aromatic rings. The fourth-order valence-electron chi connectivity index (χ4n) is 9.79. The van der Waals surface area contributed by atoms with Crippen LogP contribution in [0.25, 0.3) is 45.3 Å². The van der Waals surface area contributed by atoms with Crippen LogP contribution in [0.5, 0.6) is 0 Å². The van der Waals surface area contributed by atoms with E-state index in [1.54, 1.807) is 84.1 Å². The first-order valence-electron chi connectivity index (χ1n) is 23.7. The lowest BCUT2D eigenvalue weighted by Gasteiger charge is -2.20. The number of rotatable bonds is 13. The number of nitrogens with one attached hydrogen (secondary N) is 3. The van der Waals surface area contributed by atoms with Gasteiger partial charge in [-0.1, -0.05) is 19.1 Å². The molecule has 6 aromatic heterocycles. The van der Waals surface area contributed by atoms with Crippen LogP contribution in [0.15, 0.2) is 79.5 Å². The number of hydrogen-bond donors (Lipinski definition) is 3. The van der Waals surface area contributed by atoms with Crippen molar-refractivity contribution in [3.63, 3.8) is 0 Å². The summed E-state index contributed by atoms with van der Waals surface area (Å²) in [5, 5.41) is 41.7. The molecule has 0 bridgehead atoms. The lowest BCUT2D eigenvalue weighted by atomic mass is 9.98. The number of nitrogens with zero attached hydrogens (tertiary/aromatic N) is 14. The molecule has 0 saturated heterocycles. The highest BCUT2D eigenvalue weighted by Crippen LogP contribution is 2.44. The maximum absolute atomic E-state index is 15.1. The second kappa shape index (κ2) is 17.9. The molecule has 0 radical (unpaired) electrons. The van der Waals surface area contributed by atoms with E-state index in [0.29, 0.717) is 63.8 Å². The van der Waals surface area contributed by atoms with Gasteiger partial charge in [-0.25, -0.2) is 14.4 Å². The summed E-state index contributed by atoms with van der Waals surface area (Å²) in [6.45, 7) is 0.776. The second-order valence-corrected chi connectivity index (χ2v) is 19.1. The smallest absolute Gasteiger partial charge is 0.367 e. The van der Waals surface area contributed by atoms with Crippen LogP contribution in [0, 0.1) is 11.3 Å². The van der Waals surface area contributed by atoms with Crippen molar-refractivity contribution in [2.75, 3.05) is 27.0 Å². The number of anilines is 4. The molecule has 3 N–H and O–H groups in total. The van der Waals surface area contributed by atoms with Gasteiger partial charge in [-0.2, -0.15) is 36.5 Å². The Hall–Kier alpha value is -8.84. The summed E-state index contributed by atoms with van der Waals surface area (Å²) < 4.78 is 107. The normalized spacial score (nSPS) is 15.4. The number of carbonyl (C=O) groups is 2. The van der Waals surface area contributed by atoms with E-state index in [9.17, 15) is 41.3 Å². The van der Waals surface area contributed by atoms with Crippen molar-refractivity contribution >= 4 is 40.9 Å². The molecule has 1 fully saturated rings. The number of amides is 2. The minimum absolute atomic E-state index is 0.00623. The maximum Gasteiger partial charge on any atom is 0.416 e. The van der Waals surface area contributed by atoms with E-state index in [1.807, 2.05) is 0 Å². The van der Waals surface area contributed by atoms with Crippen LogP contribution in [0.1, 0.15) is 68.4 Å². The zero-order valence-corrected chi connectivity index (χ0v) is 41.0. The van der Waals surface area contributed by atoms with Crippen LogP contribution in [-0.4, -0.2) is 88.9 Å². The van der Waals surface area contributed by atoms with E-state index >= 15 is 4.39 Å². The molecule has 0 spiro atoms. The largest absolute Gasteiger partial charge is 0.416 e. The van der Waals surface area contributed by atoms with E-state index in [-0.39, 0.29) is 64.3 Å². The third-order valence-electron chi connectivity index (χ3n) is 13.8. The minimum Gasteiger partial charge on any atom is -0.367 e. The maximum atomic E-state index is 15.1. The Morgan fingerprint density at radius 3 is 1.80 bits per heavy atom. The van der Waals surface area contributed by atoms with Gasteiger partial charge in [-0.15, -0.1) is 20.4 Å². The number of carbonyl (C=O) groups excluding carboxylic acids is 2. The van der Waals surface area contributed by atoms with Gasteiger partial charge < -0.3 is 19.8 Å². The number of aromatic nitrogens is 12. The Bertz CT molecular complexity index is 3680. The minimum atomic E-state index is -4.73. The van der Waals surface area contributed by atoms with Crippen LogP contribution in [0.4, 0.5) is 54.0 Å². The number of fused-ring (bicyclic) bond motifs is 2. The number of aryl methyl sites for hydroxylation is 4. The molecule has 1 unspecified atom stereocenters. The van der Waals surface area contributed by atoms with Gasteiger partial charge in [0.05, 0.1) is 65.2 Å². The van der Waals surface area contributed by atoms with Crippen LogP contribution in [-0.2, 0) is 60.1 Å². The standard InChI is InChI=1S/C50H44F7N17O2/c1-25(43(58)65-37-16-26(41-30(19-62-71(41)4)44-66-60-23-69(44)2)17-39(64-37)74-21-32-29(47(74)76)9-7-11-34(32)50(55,56)57)14-35-40(45-67-61-24-70(45)3)42(72(5)68-35)27-15-36(59-22-48(51)12-13-48)63-38(18-27)73-20-31-28(46(73)75)8-6-10-33(31)49(52,53)54/h6-11,15-19,23-25H,12-14,20-22H2,1-5H3,(H,59,63)(H2,58,64,65). The van der Waals surface area contributed by atoms with Crippen molar-refractivity contribution in [2.24, 2.45) is 34.1 Å². The third kappa shape index (κ3) is 8.74. The Balaban J connectivity index is 0.956. The zero-order chi connectivity index (χ0) is 53.7. The van der Waals surface area contributed by atoms with E-state index in [4.69, 9.17) is 10.1 Å². The van der Waals surface area contributed by atoms with Gasteiger partial charge in [0.25, 0.3) is 11.8 Å². The molecular formula is C50H44F7N17O2. The summed E-state index contributed by atoms with van der Waals surface area (Å²) in [6.07, 6.45) is -4.18. The quantitative estimate of drug-likeness (QED) is 0.0565. The average Bonchev–Trinajstić information content (AvgIpc) is 4.01. The first-order valence-corrected chi connectivity index (χ1v) is 23.7. The van der Waals surface area contributed by atoms with Crippen molar-refractivity contribution in [1.29, 1.82) is 5.41 Å². The molecule has 26 heteroatoms. The zero-order valence-electron chi connectivity index (χ0n) is 41.0. The molecule has 1 aliphatic carbocycles. The number of alkyl halides is 7. The molecule has 1 saturated carbocycles. The first-order chi connectivity index (χ1) is 36.1. The second-order valence-electron chi connectivity index (χ2n) is 19.1. The van der Waals surface area contributed by atoms with Gasteiger partial charge in [0, 0.05) is 62.8 Å². The highest BCUT2D eigenvalue weighted by molar-refractivity contribution is 6.11. The fourth-order valence-corrected chi connectivity index (χ4v) is 9.79. The average molecular weight is 1050 g/mol.